The van der Waals surface area contributed by atoms with Crippen molar-refractivity contribution in [2.24, 2.45) is 5.92 Å². The summed E-state index contributed by atoms with van der Waals surface area (Å²) in [4.78, 5) is 25.9. The van der Waals surface area contributed by atoms with Crippen molar-refractivity contribution in [1.82, 2.24) is 20.2 Å². The highest BCUT2D eigenvalue weighted by Crippen LogP contribution is 2.26. The second-order valence-corrected chi connectivity index (χ2v) is 7.38. The maximum Gasteiger partial charge on any atom is 0.225 e. The molecule has 3 fully saturated rings. The lowest BCUT2D eigenvalue weighted by molar-refractivity contribution is -0.127. The van der Waals surface area contributed by atoms with E-state index in [1.54, 1.807) is 0 Å². The predicted molar refractivity (Wildman–Crippen MR) is 92.7 cm³/mol. The Morgan fingerprint density at radius 1 is 1.04 bits per heavy atom. The van der Waals surface area contributed by atoms with E-state index in [1.807, 2.05) is 18.5 Å². The quantitative estimate of drug-likeness (QED) is 0.906. The number of hydrogen-bond donors (Lipinski definition) is 1. The van der Waals surface area contributed by atoms with Gasteiger partial charge in [0, 0.05) is 44.1 Å². The number of nitrogens with one attached hydrogen (secondary N) is 1. The molecule has 1 N–H and O–H groups in total. The lowest BCUT2D eigenvalue weighted by Gasteiger charge is -2.42. The minimum Gasteiger partial charge on any atom is -0.353 e. The van der Waals surface area contributed by atoms with Crippen LogP contribution in [0.1, 0.15) is 38.5 Å². The Hall–Kier alpha value is -1.69. The lowest BCUT2D eigenvalue weighted by atomic mass is 9.93. The Kier molecular flexibility index (Phi) is 4.65. The summed E-state index contributed by atoms with van der Waals surface area (Å²) in [6.45, 7) is 4.08. The zero-order valence-corrected chi connectivity index (χ0v) is 14.2. The van der Waals surface area contributed by atoms with Crippen molar-refractivity contribution in [2.75, 3.05) is 31.1 Å². The number of nitrogens with zero attached hydrogens (tertiary/aromatic N) is 4. The molecule has 130 valence electrons. The molecule has 0 spiro atoms. The van der Waals surface area contributed by atoms with Gasteiger partial charge in [0.05, 0.1) is 5.92 Å². The van der Waals surface area contributed by atoms with Crippen LogP contribution in [0, 0.1) is 5.92 Å². The highest BCUT2D eigenvalue weighted by Gasteiger charge is 2.33. The Balaban J connectivity index is 1.29. The summed E-state index contributed by atoms with van der Waals surface area (Å²) in [7, 11) is 0. The molecule has 1 aliphatic carbocycles. The van der Waals surface area contributed by atoms with Gasteiger partial charge in [-0.3, -0.25) is 9.69 Å². The zero-order chi connectivity index (χ0) is 16.4. The van der Waals surface area contributed by atoms with Crippen molar-refractivity contribution in [1.29, 1.82) is 0 Å². The van der Waals surface area contributed by atoms with Crippen molar-refractivity contribution >= 4 is 11.9 Å². The van der Waals surface area contributed by atoms with Crippen LogP contribution in [0.4, 0.5) is 5.95 Å². The van der Waals surface area contributed by atoms with Crippen molar-refractivity contribution in [3.05, 3.63) is 18.5 Å². The maximum atomic E-state index is 12.4. The third kappa shape index (κ3) is 3.69. The Morgan fingerprint density at radius 2 is 1.79 bits per heavy atom. The normalized spacial score (nSPS) is 26.3. The molecule has 2 aliphatic heterocycles. The first-order chi connectivity index (χ1) is 11.8. The van der Waals surface area contributed by atoms with Gasteiger partial charge in [0.1, 0.15) is 0 Å². The number of anilines is 1. The summed E-state index contributed by atoms with van der Waals surface area (Å²) in [6, 6.07) is 2.93. The fourth-order valence-corrected chi connectivity index (χ4v) is 3.98. The Morgan fingerprint density at radius 3 is 2.50 bits per heavy atom. The summed E-state index contributed by atoms with van der Waals surface area (Å²) in [6.07, 6.45) is 10.4. The zero-order valence-electron chi connectivity index (χ0n) is 14.2. The van der Waals surface area contributed by atoms with Crippen LogP contribution in [0.2, 0.25) is 0 Å². The van der Waals surface area contributed by atoms with Gasteiger partial charge in [-0.05, 0) is 51.1 Å². The molecule has 2 saturated heterocycles. The van der Waals surface area contributed by atoms with Gasteiger partial charge in [-0.1, -0.05) is 0 Å². The van der Waals surface area contributed by atoms with E-state index >= 15 is 0 Å². The Labute approximate surface area is 143 Å². The lowest BCUT2D eigenvalue weighted by Crippen LogP contribution is -2.51. The van der Waals surface area contributed by atoms with Crippen LogP contribution in [-0.2, 0) is 4.79 Å². The fraction of sp³-hybridized carbons (Fsp3) is 0.722. The van der Waals surface area contributed by atoms with Gasteiger partial charge >= 0.3 is 0 Å². The summed E-state index contributed by atoms with van der Waals surface area (Å²) in [5.74, 6) is 1.32. The van der Waals surface area contributed by atoms with Crippen molar-refractivity contribution in [2.45, 2.75) is 50.6 Å². The molecular formula is C18H27N5O. The van der Waals surface area contributed by atoms with Gasteiger partial charge in [-0.2, -0.15) is 0 Å². The van der Waals surface area contributed by atoms with Gasteiger partial charge < -0.3 is 10.2 Å². The molecule has 0 unspecified atom stereocenters. The number of likely N-dealkylation sites (tertiary alicyclic amines) is 1. The minimum atomic E-state index is 0.190. The minimum absolute atomic E-state index is 0.190. The second kappa shape index (κ2) is 7.05. The standard InChI is InChI=1S/C18H27N5O/c24-17(21-15-4-5-15)14-3-1-10-23(13-14)16-6-11-22(12-7-16)18-19-8-2-9-20-18/h2,8-9,14-16H,1,3-7,10-13H2,(H,21,24)/t14-/m1/s1. The summed E-state index contributed by atoms with van der Waals surface area (Å²) in [5.41, 5.74) is 0. The number of rotatable bonds is 4. The third-order valence-corrected chi connectivity index (χ3v) is 5.56. The van der Waals surface area contributed by atoms with Gasteiger partial charge in [-0.15, -0.1) is 0 Å². The number of piperidine rings is 2. The van der Waals surface area contributed by atoms with Gasteiger partial charge in [-0.25, -0.2) is 9.97 Å². The molecule has 3 aliphatic rings. The molecule has 0 bridgehead atoms. The second-order valence-electron chi connectivity index (χ2n) is 7.38. The van der Waals surface area contributed by atoms with Crippen LogP contribution in [-0.4, -0.2) is 59.0 Å². The molecule has 6 heteroatoms. The molecule has 6 nitrogen and oxygen atoms in total. The van der Waals surface area contributed by atoms with Crippen molar-refractivity contribution < 1.29 is 4.79 Å². The van der Waals surface area contributed by atoms with E-state index < -0.39 is 0 Å². The average molecular weight is 329 g/mol. The topological polar surface area (TPSA) is 61.4 Å². The molecular weight excluding hydrogens is 302 g/mol. The van der Waals surface area contributed by atoms with E-state index in [4.69, 9.17) is 0 Å². The average Bonchev–Trinajstić information content (AvgIpc) is 3.47. The molecule has 1 atom stereocenters. The van der Waals surface area contributed by atoms with Crippen LogP contribution in [0.3, 0.4) is 0 Å². The van der Waals surface area contributed by atoms with E-state index in [2.05, 4.69) is 25.1 Å². The number of carbonyl (C=O) groups excluding carboxylic acids is 1. The highest BCUT2D eigenvalue weighted by molar-refractivity contribution is 5.79. The van der Waals surface area contributed by atoms with E-state index in [9.17, 15) is 4.79 Å². The van der Waals surface area contributed by atoms with E-state index in [-0.39, 0.29) is 11.8 Å². The molecule has 4 rings (SSSR count). The molecule has 1 aromatic heterocycles. The summed E-state index contributed by atoms with van der Waals surface area (Å²) < 4.78 is 0. The van der Waals surface area contributed by atoms with Crippen LogP contribution >= 0.6 is 0 Å². The highest BCUT2D eigenvalue weighted by atomic mass is 16.2. The smallest absolute Gasteiger partial charge is 0.225 e. The van der Waals surface area contributed by atoms with Crippen molar-refractivity contribution in [3.63, 3.8) is 0 Å². The molecule has 1 aromatic rings. The van der Waals surface area contributed by atoms with E-state index in [0.717, 1.165) is 57.8 Å². The third-order valence-electron chi connectivity index (χ3n) is 5.56. The molecule has 0 radical (unpaired) electrons. The fourth-order valence-electron chi connectivity index (χ4n) is 3.98. The summed E-state index contributed by atoms with van der Waals surface area (Å²) in [5, 5.41) is 3.19. The molecule has 1 saturated carbocycles. The SMILES string of the molecule is O=C(NC1CC1)[C@@H]1CCCN(C2CCN(c3ncccn3)CC2)C1. The molecule has 24 heavy (non-hydrogen) atoms. The summed E-state index contributed by atoms with van der Waals surface area (Å²) >= 11 is 0. The molecule has 1 amide bonds. The van der Waals surface area contributed by atoms with E-state index in [0.29, 0.717) is 12.1 Å². The van der Waals surface area contributed by atoms with Gasteiger partial charge in [0.15, 0.2) is 0 Å². The van der Waals surface area contributed by atoms with Crippen LogP contribution in [0.15, 0.2) is 18.5 Å². The van der Waals surface area contributed by atoms with Crippen LogP contribution in [0.25, 0.3) is 0 Å². The first-order valence-electron chi connectivity index (χ1n) is 9.36. The number of hydrogen-bond acceptors (Lipinski definition) is 5. The number of amides is 1. The molecule has 3 heterocycles. The van der Waals surface area contributed by atoms with Crippen molar-refractivity contribution in [3.8, 4) is 0 Å². The predicted octanol–water partition coefficient (Wildman–Crippen LogP) is 1.44. The van der Waals surface area contributed by atoms with Crippen LogP contribution < -0.4 is 10.2 Å². The van der Waals surface area contributed by atoms with Gasteiger partial charge in [0.2, 0.25) is 11.9 Å². The van der Waals surface area contributed by atoms with E-state index in [1.165, 1.54) is 12.8 Å². The first-order valence-corrected chi connectivity index (χ1v) is 9.36. The van der Waals surface area contributed by atoms with Gasteiger partial charge in [0.25, 0.3) is 0 Å². The maximum absolute atomic E-state index is 12.4. The first kappa shape index (κ1) is 15.8. The number of carbonyl (C=O) groups is 1. The number of aromatic nitrogens is 2. The Bertz CT molecular complexity index is 554. The largest absolute Gasteiger partial charge is 0.353 e. The van der Waals surface area contributed by atoms with Crippen LogP contribution in [0.5, 0.6) is 0 Å². The molecule has 0 aromatic carbocycles. The monoisotopic (exact) mass is 329 g/mol.